The van der Waals surface area contributed by atoms with Crippen molar-refractivity contribution >= 4 is 66.6 Å². The molecule has 4 rings (SSSR count). The molecule has 1 N–H and O–H groups in total. The molecule has 0 radical (unpaired) electrons. The van der Waals surface area contributed by atoms with Crippen LogP contribution in [0.25, 0.3) is 10.2 Å². The van der Waals surface area contributed by atoms with Gasteiger partial charge in [-0.05, 0) is 30.3 Å². The van der Waals surface area contributed by atoms with E-state index < -0.39 is 0 Å². The molecule has 0 spiro atoms. The number of hydrogen-bond donors (Lipinski definition) is 1. The first-order chi connectivity index (χ1) is 14.6. The Morgan fingerprint density at radius 1 is 1.20 bits per heavy atom. The number of carbonyl (C=O) groups is 1. The number of ether oxygens (including phenoxy) is 1. The monoisotopic (exact) mass is 458 g/mol. The SMILES string of the molecule is COc1ccc2nc(NC(=O)CSC(=S)N3CCN(c4ccccc4)CC3)sc2c1. The first kappa shape index (κ1) is 20.9. The Hall–Kier alpha value is -2.36. The molecule has 1 fully saturated rings. The Morgan fingerprint density at radius 3 is 2.70 bits per heavy atom. The van der Waals surface area contributed by atoms with Crippen molar-refractivity contribution in [2.45, 2.75) is 0 Å². The smallest absolute Gasteiger partial charge is 0.236 e. The van der Waals surface area contributed by atoms with E-state index in [0.29, 0.717) is 5.13 Å². The number of thioether (sulfide) groups is 1. The van der Waals surface area contributed by atoms with Gasteiger partial charge in [-0.25, -0.2) is 4.98 Å². The van der Waals surface area contributed by atoms with Gasteiger partial charge in [-0.2, -0.15) is 0 Å². The molecule has 0 bridgehead atoms. The molecule has 1 aromatic heterocycles. The zero-order chi connectivity index (χ0) is 20.9. The molecule has 1 amide bonds. The molecule has 2 heterocycles. The van der Waals surface area contributed by atoms with Gasteiger partial charge in [0, 0.05) is 31.9 Å². The Kier molecular flexibility index (Phi) is 6.71. The maximum absolute atomic E-state index is 12.4. The molecule has 0 atom stereocenters. The van der Waals surface area contributed by atoms with E-state index in [4.69, 9.17) is 17.0 Å². The highest BCUT2D eigenvalue weighted by Gasteiger charge is 2.20. The average Bonchev–Trinajstić information content (AvgIpc) is 3.19. The molecule has 1 aliphatic heterocycles. The second-order valence-electron chi connectivity index (χ2n) is 6.77. The second-order valence-corrected chi connectivity index (χ2v) is 9.40. The summed E-state index contributed by atoms with van der Waals surface area (Å²) in [4.78, 5) is 21.4. The van der Waals surface area contributed by atoms with E-state index in [0.717, 1.165) is 46.5 Å². The summed E-state index contributed by atoms with van der Waals surface area (Å²) in [5, 5.41) is 3.47. The summed E-state index contributed by atoms with van der Waals surface area (Å²) in [5.74, 6) is 0.949. The number of benzene rings is 2. The highest BCUT2D eigenvalue weighted by Crippen LogP contribution is 2.29. The molecule has 1 saturated heterocycles. The third-order valence-electron chi connectivity index (χ3n) is 4.83. The van der Waals surface area contributed by atoms with Crippen LogP contribution in [0.4, 0.5) is 10.8 Å². The van der Waals surface area contributed by atoms with Crippen LogP contribution in [-0.2, 0) is 4.79 Å². The molecule has 30 heavy (non-hydrogen) atoms. The summed E-state index contributed by atoms with van der Waals surface area (Å²) in [6.07, 6.45) is 0. The van der Waals surface area contributed by atoms with Gasteiger partial charge in [0.05, 0.1) is 23.1 Å². The number of nitrogens with one attached hydrogen (secondary N) is 1. The lowest BCUT2D eigenvalue weighted by Gasteiger charge is -2.37. The van der Waals surface area contributed by atoms with Crippen LogP contribution in [0.2, 0.25) is 0 Å². The largest absolute Gasteiger partial charge is 0.497 e. The first-order valence-corrected chi connectivity index (χ1v) is 11.8. The molecule has 1 aliphatic rings. The second kappa shape index (κ2) is 9.63. The Morgan fingerprint density at radius 2 is 1.97 bits per heavy atom. The standard InChI is InChI=1S/C21H22N4O2S3/c1-27-16-7-8-17-18(13-16)30-20(22-17)23-19(26)14-29-21(28)25-11-9-24(10-12-25)15-5-3-2-4-6-15/h2-8,13H,9-12,14H2,1H3,(H,22,23,26). The van der Waals surface area contributed by atoms with Gasteiger partial charge in [-0.15, -0.1) is 0 Å². The van der Waals surface area contributed by atoms with Crippen molar-refractivity contribution < 1.29 is 9.53 Å². The van der Waals surface area contributed by atoms with Gasteiger partial charge in [-0.3, -0.25) is 4.79 Å². The number of aromatic nitrogens is 1. The molecule has 0 unspecified atom stereocenters. The molecule has 6 nitrogen and oxygen atoms in total. The Balaban J connectivity index is 1.24. The zero-order valence-electron chi connectivity index (χ0n) is 16.5. The predicted octanol–water partition coefficient (Wildman–Crippen LogP) is 4.08. The van der Waals surface area contributed by atoms with Crippen molar-refractivity contribution in [3.05, 3.63) is 48.5 Å². The highest BCUT2D eigenvalue weighted by molar-refractivity contribution is 8.23. The van der Waals surface area contributed by atoms with Gasteiger partial charge in [0.15, 0.2) is 5.13 Å². The van der Waals surface area contributed by atoms with Crippen LogP contribution in [0.3, 0.4) is 0 Å². The third kappa shape index (κ3) is 5.03. The van der Waals surface area contributed by atoms with Crippen molar-refractivity contribution in [3.63, 3.8) is 0 Å². The molecule has 0 aliphatic carbocycles. The van der Waals surface area contributed by atoms with Gasteiger partial charge < -0.3 is 19.9 Å². The summed E-state index contributed by atoms with van der Waals surface area (Å²) in [7, 11) is 1.63. The van der Waals surface area contributed by atoms with E-state index in [-0.39, 0.29) is 11.7 Å². The van der Waals surface area contributed by atoms with Crippen LogP contribution < -0.4 is 15.0 Å². The van der Waals surface area contributed by atoms with E-state index in [2.05, 4.69) is 44.4 Å². The summed E-state index contributed by atoms with van der Waals surface area (Å²) in [6.45, 7) is 3.57. The van der Waals surface area contributed by atoms with E-state index in [9.17, 15) is 4.79 Å². The fourth-order valence-electron chi connectivity index (χ4n) is 3.25. The number of amides is 1. The van der Waals surface area contributed by atoms with Crippen LogP contribution in [0.5, 0.6) is 5.75 Å². The number of hydrogen-bond acceptors (Lipinski definition) is 7. The fraction of sp³-hybridized carbons (Fsp3) is 0.286. The zero-order valence-corrected chi connectivity index (χ0v) is 19.0. The maximum Gasteiger partial charge on any atom is 0.236 e. The summed E-state index contributed by atoms with van der Waals surface area (Å²) in [5.41, 5.74) is 2.08. The quantitative estimate of drug-likeness (QED) is 0.578. The number of carbonyl (C=O) groups excluding carboxylic acids is 1. The lowest BCUT2D eigenvalue weighted by molar-refractivity contribution is -0.113. The molecule has 0 saturated carbocycles. The van der Waals surface area contributed by atoms with Crippen molar-refractivity contribution in [2.75, 3.05) is 49.3 Å². The van der Waals surface area contributed by atoms with Crippen LogP contribution in [0, 0.1) is 0 Å². The lowest BCUT2D eigenvalue weighted by Crippen LogP contribution is -2.47. The Labute approximate surface area is 189 Å². The lowest BCUT2D eigenvalue weighted by atomic mass is 10.2. The molecule has 9 heteroatoms. The first-order valence-electron chi connectivity index (χ1n) is 9.58. The van der Waals surface area contributed by atoms with Gasteiger partial charge in [0.2, 0.25) is 5.91 Å². The minimum atomic E-state index is -0.101. The van der Waals surface area contributed by atoms with E-state index in [1.54, 1.807) is 7.11 Å². The fourth-order valence-corrected chi connectivity index (χ4v) is 5.21. The number of methoxy groups -OCH3 is 1. The molecular formula is C21H22N4O2S3. The van der Waals surface area contributed by atoms with Crippen molar-refractivity contribution in [1.29, 1.82) is 0 Å². The number of thiazole rings is 1. The Bertz CT molecular complexity index is 1030. The number of nitrogens with zero attached hydrogens (tertiary/aromatic N) is 3. The number of anilines is 2. The van der Waals surface area contributed by atoms with Gasteiger partial charge in [0.1, 0.15) is 10.1 Å². The number of para-hydroxylation sites is 1. The van der Waals surface area contributed by atoms with E-state index in [1.807, 2.05) is 24.3 Å². The molecular weight excluding hydrogens is 436 g/mol. The van der Waals surface area contributed by atoms with Crippen molar-refractivity contribution in [1.82, 2.24) is 9.88 Å². The average molecular weight is 459 g/mol. The predicted molar refractivity (Wildman–Crippen MR) is 130 cm³/mol. The van der Waals surface area contributed by atoms with E-state index >= 15 is 0 Å². The van der Waals surface area contributed by atoms with Crippen LogP contribution in [0.15, 0.2) is 48.5 Å². The number of thiocarbonyl (C=S) groups is 1. The third-order valence-corrected chi connectivity index (χ3v) is 7.28. The topological polar surface area (TPSA) is 57.7 Å². The maximum atomic E-state index is 12.4. The van der Waals surface area contributed by atoms with Crippen molar-refractivity contribution in [3.8, 4) is 5.75 Å². The summed E-state index contributed by atoms with van der Waals surface area (Å²) in [6, 6.07) is 16.1. The van der Waals surface area contributed by atoms with Crippen molar-refractivity contribution in [2.24, 2.45) is 0 Å². The van der Waals surface area contributed by atoms with Gasteiger partial charge in [0.25, 0.3) is 0 Å². The summed E-state index contributed by atoms with van der Waals surface area (Å²) < 4.78 is 6.98. The molecule has 156 valence electrons. The highest BCUT2D eigenvalue weighted by atomic mass is 32.2. The molecule has 3 aromatic rings. The van der Waals surface area contributed by atoms with Gasteiger partial charge >= 0.3 is 0 Å². The van der Waals surface area contributed by atoms with Gasteiger partial charge in [-0.1, -0.05) is 53.5 Å². The minimum Gasteiger partial charge on any atom is -0.497 e. The minimum absolute atomic E-state index is 0.101. The number of fused-ring (bicyclic) bond motifs is 1. The normalized spacial score (nSPS) is 14.0. The summed E-state index contributed by atoms with van der Waals surface area (Å²) >= 11 is 8.39. The van der Waals surface area contributed by atoms with E-state index in [1.165, 1.54) is 28.8 Å². The van der Waals surface area contributed by atoms with Crippen LogP contribution >= 0.6 is 35.3 Å². The number of piperazine rings is 1. The number of rotatable bonds is 5. The molecule has 2 aromatic carbocycles. The van der Waals surface area contributed by atoms with Crippen LogP contribution in [0.1, 0.15) is 0 Å². The van der Waals surface area contributed by atoms with Crippen LogP contribution in [-0.4, -0.2) is 59.2 Å².